The largest absolute Gasteiger partial charge is 0.478 e. The number of carboxylic acids is 1. The molecule has 0 aliphatic rings. The molecule has 4 nitrogen and oxygen atoms in total. The highest BCUT2D eigenvalue weighted by atomic mass is 35.5. The van der Waals surface area contributed by atoms with E-state index in [2.05, 4.69) is 4.98 Å². The lowest BCUT2D eigenvalue weighted by molar-refractivity contribution is 0.0696. The van der Waals surface area contributed by atoms with Gasteiger partial charge in [0.1, 0.15) is 10.3 Å². The number of carbonyl (C=O) groups excluding carboxylic acids is 1. The molecule has 170 valence electrons. The number of hydrogen-bond acceptors (Lipinski definition) is 3. The van der Waals surface area contributed by atoms with Gasteiger partial charge in [-0.25, -0.2) is 9.78 Å². The minimum Gasteiger partial charge on any atom is -0.478 e. The Bertz CT molecular complexity index is 1330. The van der Waals surface area contributed by atoms with Gasteiger partial charge in [0.15, 0.2) is 5.78 Å². The summed E-state index contributed by atoms with van der Waals surface area (Å²) in [5.41, 5.74) is 5.72. The van der Waals surface area contributed by atoms with Gasteiger partial charge in [0.2, 0.25) is 0 Å². The van der Waals surface area contributed by atoms with Crippen LogP contribution < -0.4 is 0 Å². The van der Waals surface area contributed by atoms with Crippen molar-refractivity contribution in [2.75, 3.05) is 0 Å². The Morgan fingerprint density at radius 2 is 1.38 bits per heavy atom. The molecule has 0 amide bonds. The molecule has 4 aromatic rings. The van der Waals surface area contributed by atoms with E-state index >= 15 is 0 Å². The fraction of sp³-hybridized carbons (Fsp3) is 0.107. The molecule has 1 heterocycles. The van der Waals surface area contributed by atoms with Crippen LogP contribution in [0.1, 0.15) is 49.7 Å². The highest BCUT2D eigenvalue weighted by Crippen LogP contribution is 2.33. The monoisotopic (exact) mass is 489 g/mol. The smallest absolute Gasteiger partial charge is 0.335 e. The number of aryl methyl sites for hydroxylation is 1. The molecule has 4 rings (SSSR count). The van der Waals surface area contributed by atoms with Crippen LogP contribution in [0.3, 0.4) is 0 Å². The van der Waals surface area contributed by atoms with E-state index in [4.69, 9.17) is 28.3 Å². The molecular weight excluding hydrogens is 469 g/mol. The first-order chi connectivity index (χ1) is 16.3. The Kier molecular flexibility index (Phi) is 7.11. The lowest BCUT2D eigenvalue weighted by Crippen LogP contribution is -2.11. The number of rotatable bonds is 7. The van der Waals surface area contributed by atoms with Crippen LogP contribution in [0.2, 0.25) is 10.3 Å². The van der Waals surface area contributed by atoms with Crippen molar-refractivity contribution in [3.8, 4) is 11.1 Å². The van der Waals surface area contributed by atoms with Crippen molar-refractivity contribution in [1.82, 2.24) is 4.98 Å². The second-order valence-electron chi connectivity index (χ2n) is 8.04. The summed E-state index contributed by atoms with van der Waals surface area (Å²) in [4.78, 5) is 28.2. The molecule has 0 saturated heterocycles. The van der Waals surface area contributed by atoms with Gasteiger partial charge in [-0.05, 0) is 59.0 Å². The second-order valence-corrected chi connectivity index (χ2v) is 8.82. The van der Waals surface area contributed by atoms with E-state index in [0.29, 0.717) is 5.56 Å². The number of hydrogen-bond donors (Lipinski definition) is 1. The van der Waals surface area contributed by atoms with Gasteiger partial charge in [-0.3, -0.25) is 4.79 Å². The van der Waals surface area contributed by atoms with Crippen molar-refractivity contribution in [3.05, 3.63) is 123 Å². The zero-order valence-electron chi connectivity index (χ0n) is 18.3. The SMILES string of the molecule is Cc1ccccc1[C@H](CC(=O)c1cc(Cl)nc(Cl)c1)c1ccc(-c2ccc(C(=O)O)cc2)cc1. The second kappa shape index (κ2) is 10.2. The molecule has 1 atom stereocenters. The van der Waals surface area contributed by atoms with Crippen LogP contribution in [0, 0.1) is 6.92 Å². The van der Waals surface area contributed by atoms with Crippen molar-refractivity contribution in [2.24, 2.45) is 0 Å². The van der Waals surface area contributed by atoms with Gasteiger partial charge in [0.05, 0.1) is 5.56 Å². The van der Waals surface area contributed by atoms with Crippen molar-refractivity contribution in [3.63, 3.8) is 0 Å². The average molecular weight is 490 g/mol. The summed E-state index contributed by atoms with van der Waals surface area (Å²) in [5.74, 6) is -1.19. The Morgan fingerprint density at radius 1 is 0.824 bits per heavy atom. The summed E-state index contributed by atoms with van der Waals surface area (Å²) in [7, 11) is 0. The highest BCUT2D eigenvalue weighted by Gasteiger charge is 2.21. The molecular formula is C28H21Cl2NO3. The molecule has 0 unspecified atom stereocenters. The van der Waals surface area contributed by atoms with Crippen LogP contribution in [0.5, 0.6) is 0 Å². The van der Waals surface area contributed by atoms with Gasteiger partial charge in [0, 0.05) is 17.9 Å². The molecule has 0 fully saturated rings. The zero-order valence-corrected chi connectivity index (χ0v) is 19.8. The van der Waals surface area contributed by atoms with E-state index in [1.807, 2.05) is 55.5 Å². The number of pyridine rings is 1. The molecule has 1 aromatic heterocycles. The number of carbonyl (C=O) groups is 2. The van der Waals surface area contributed by atoms with Crippen LogP contribution in [0.15, 0.2) is 84.9 Å². The first-order valence-electron chi connectivity index (χ1n) is 10.7. The van der Waals surface area contributed by atoms with E-state index in [-0.39, 0.29) is 34.0 Å². The Balaban J connectivity index is 1.67. The number of nitrogens with zero attached hydrogens (tertiary/aromatic N) is 1. The summed E-state index contributed by atoms with van der Waals surface area (Å²) >= 11 is 12.0. The standard InChI is InChI=1S/C28H21Cl2NO3/c1-17-4-2-3-5-23(17)24(16-25(32)22-14-26(29)31-27(30)15-22)20-10-6-18(7-11-20)19-8-12-21(13-9-19)28(33)34/h2-15,24H,16H2,1H3,(H,33,34)/t24-/m1/s1. The minimum atomic E-state index is -0.954. The number of ketones is 1. The van der Waals surface area contributed by atoms with Crippen LogP contribution in [0.4, 0.5) is 0 Å². The van der Waals surface area contributed by atoms with Crippen molar-refractivity contribution in [2.45, 2.75) is 19.3 Å². The first kappa shape index (κ1) is 23.7. The van der Waals surface area contributed by atoms with Gasteiger partial charge in [0.25, 0.3) is 0 Å². The van der Waals surface area contributed by atoms with Crippen LogP contribution in [0.25, 0.3) is 11.1 Å². The van der Waals surface area contributed by atoms with E-state index in [1.165, 1.54) is 12.1 Å². The summed E-state index contributed by atoms with van der Waals surface area (Å²) in [6, 6.07) is 25.8. The van der Waals surface area contributed by atoms with E-state index in [1.54, 1.807) is 24.3 Å². The Morgan fingerprint density at radius 3 is 1.94 bits per heavy atom. The number of carboxylic acid groups (broad SMARTS) is 1. The van der Waals surface area contributed by atoms with Crippen molar-refractivity contribution in [1.29, 1.82) is 0 Å². The fourth-order valence-electron chi connectivity index (χ4n) is 4.03. The van der Waals surface area contributed by atoms with Gasteiger partial charge in [-0.2, -0.15) is 0 Å². The van der Waals surface area contributed by atoms with E-state index < -0.39 is 5.97 Å². The lowest BCUT2D eigenvalue weighted by Gasteiger charge is -2.20. The third kappa shape index (κ3) is 5.36. The molecule has 1 N–H and O–H groups in total. The van der Waals surface area contributed by atoms with Gasteiger partial charge in [-0.1, -0.05) is 83.9 Å². The Hall–Kier alpha value is -3.47. The average Bonchev–Trinajstić information content (AvgIpc) is 2.82. The maximum atomic E-state index is 13.2. The molecule has 0 spiro atoms. The lowest BCUT2D eigenvalue weighted by atomic mass is 9.83. The molecule has 0 bridgehead atoms. The molecule has 0 aliphatic heterocycles. The van der Waals surface area contributed by atoms with Crippen LogP contribution >= 0.6 is 23.2 Å². The minimum absolute atomic E-state index is 0.0761. The third-order valence-corrected chi connectivity index (χ3v) is 6.20. The molecule has 34 heavy (non-hydrogen) atoms. The van der Waals surface area contributed by atoms with E-state index in [9.17, 15) is 9.59 Å². The van der Waals surface area contributed by atoms with Gasteiger partial charge in [-0.15, -0.1) is 0 Å². The number of Topliss-reactive ketones (excluding diaryl/α,β-unsaturated/α-hetero) is 1. The van der Waals surface area contributed by atoms with Crippen molar-refractivity contribution >= 4 is 35.0 Å². The summed E-state index contributed by atoms with van der Waals surface area (Å²) < 4.78 is 0. The maximum Gasteiger partial charge on any atom is 0.335 e. The maximum absolute atomic E-state index is 13.2. The molecule has 3 aromatic carbocycles. The van der Waals surface area contributed by atoms with Crippen LogP contribution in [-0.2, 0) is 0 Å². The number of aromatic carboxylic acids is 1. The van der Waals surface area contributed by atoms with Crippen molar-refractivity contribution < 1.29 is 14.7 Å². The number of aromatic nitrogens is 1. The normalized spacial score (nSPS) is 11.7. The molecule has 0 aliphatic carbocycles. The first-order valence-corrected chi connectivity index (χ1v) is 11.4. The predicted octanol–water partition coefficient (Wildman–Crippen LogP) is 7.47. The quantitative estimate of drug-likeness (QED) is 0.216. The van der Waals surface area contributed by atoms with Crippen LogP contribution in [-0.4, -0.2) is 21.8 Å². The summed E-state index contributed by atoms with van der Waals surface area (Å²) in [5, 5.41) is 9.48. The third-order valence-electron chi connectivity index (χ3n) is 5.82. The summed E-state index contributed by atoms with van der Waals surface area (Å²) in [6.45, 7) is 2.03. The predicted molar refractivity (Wildman–Crippen MR) is 135 cm³/mol. The fourth-order valence-corrected chi connectivity index (χ4v) is 4.49. The van der Waals surface area contributed by atoms with Gasteiger partial charge >= 0.3 is 5.97 Å². The highest BCUT2D eigenvalue weighted by molar-refractivity contribution is 6.33. The zero-order chi connectivity index (χ0) is 24.2. The van der Waals surface area contributed by atoms with E-state index in [0.717, 1.165) is 27.8 Å². The summed E-state index contributed by atoms with van der Waals surface area (Å²) in [6.07, 6.45) is 0.244. The topological polar surface area (TPSA) is 67.3 Å². The molecule has 6 heteroatoms. The Labute approximate surface area is 207 Å². The number of benzene rings is 3. The number of halogens is 2. The molecule has 0 saturated carbocycles. The molecule has 0 radical (unpaired) electrons. The van der Waals surface area contributed by atoms with Gasteiger partial charge < -0.3 is 5.11 Å².